The second-order valence-corrected chi connectivity index (χ2v) is 2.04. The summed E-state index contributed by atoms with van der Waals surface area (Å²) in [5, 5.41) is 0. The molecule has 2 nitrogen and oxygen atoms in total. The third-order valence-electron chi connectivity index (χ3n) is 1.39. The summed E-state index contributed by atoms with van der Waals surface area (Å²) in [6, 6.07) is 0. The number of aldehydes is 1. The zero-order valence-corrected chi connectivity index (χ0v) is 5.13. The molecule has 0 amide bonds. The average molecular weight is 123 g/mol. The SMILES string of the molecule is NC1=C(C=O)CCC=C1. The fourth-order valence-corrected chi connectivity index (χ4v) is 0.827. The molecular weight excluding hydrogens is 114 g/mol. The Morgan fingerprint density at radius 3 is 2.89 bits per heavy atom. The summed E-state index contributed by atoms with van der Waals surface area (Å²) in [5.41, 5.74) is 6.81. The van der Waals surface area contributed by atoms with Gasteiger partial charge < -0.3 is 5.73 Å². The van der Waals surface area contributed by atoms with E-state index in [1.54, 1.807) is 6.08 Å². The summed E-state index contributed by atoms with van der Waals surface area (Å²) in [6.45, 7) is 0. The normalized spacial score (nSPS) is 18.2. The van der Waals surface area contributed by atoms with E-state index in [1.807, 2.05) is 6.08 Å². The minimum absolute atomic E-state index is 0.622. The van der Waals surface area contributed by atoms with Crippen molar-refractivity contribution < 1.29 is 4.79 Å². The number of hydrogen-bond acceptors (Lipinski definition) is 2. The predicted molar refractivity (Wildman–Crippen MR) is 35.7 cm³/mol. The molecule has 0 bridgehead atoms. The molecule has 0 aromatic heterocycles. The van der Waals surface area contributed by atoms with Gasteiger partial charge in [-0.15, -0.1) is 0 Å². The van der Waals surface area contributed by atoms with E-state index in [4.69, 9.17) is 5.73 Å². The highest BCUT2D eigenvalue weighted by atomic mass is 16.1. The highest BCUT2D eigenvalue weighted by Crippen LogP contribution is 2.12. The van der Waals surface area contributed by atoms with E-state index >= 15 is 0 Å². The van der Waals surface area contributed by atoms with Crippen LogP contribution in [0.15, 0.2) is 23.4 Å². The lowest BCUT2D eigenvalue weighted by Crippen LogP contribution is -2.03. The Bertz CT molecular complexity index is 179. The quantitative estimate of drug-likeness (QED) is 0.523. The Balaban J connectivity index is 2.84. The molecule has 0 saturated carbocycles. The molecule has 0 unspecified atom stereocenters. The van der Waals surface area contributed by atoms with Crippen LogP contribution in [0, 0.1) is 0 Å². The van der Waals surface area contributed by atoms with Gasteiger partial charge in [0, 0.05) is 11.3 Å². The maximum Gasteiger partial charge on any atom is 0.148 e. The first-order chi connectivity index (χ1) is 4.34. The maximum atomic E-state index is 10.2. The van der Waals surface area contributed by atoms with Crippen molar-refractivity contribution in [2.45, 2.75) is 12.8 Å². The Morgan fingerprint density at radius 2 is 2.44 bits per heavy atom. The maximum absolute atomic E-state index is 10.2. The second kappa shape index (κ2) is 2.49. The van der Waals surface area contributed by atoms with Crippen molar-refractivity contribution in [3.8, 4) is 0 Å². The Hall–Kier alpha value is -1.05. The molecule has 1 aliphatic rings. The van der Waals surface area contributed by atoms with Gasteiger partial charge in [-0.1, -0.05) is 6.08 Å². The number of hydrogen-bond donors (Lipinski definition) is 1. The number of rotatable bonds is 1. The van der Waals surface area contributed by atoms with Crippen molar-refractivity contribution in [1.82, 2.24) is 0 Å². The van der Waals surface area contributed by atoms with Crippen LogP contribution in [0.25, 0.3) is 0 Å². The van der Waals surface area contributed by atoms with E-state index in [1.165, 1.54) is 0 Å². The first kappa shape index (κ1) is 6.08. The van der Waals surface area contributed by atoms with Crippen molar-refractivity contribution >= 4 is 6.29 Å². The molecule has 0 aromatic rings. The van der Waals surface area contributed by atoms with E-state index < -0.39 is 0 Å². The zero-order chi connectivity index (χ0) is 6.69. The molecule has 0 heterocycles. The minimum atomic E-state index is 0.622. The predicted octanol–water partition coefficient (Wildman–Crippen LogP) is 0.748. The van der Waals surface area contributed by atoms with Crippen molar-refractivity contribution in [1.29, 1.82) is 0 Å². The number of carbonyl (C=O) groups excluding carboxylic acids is 1. The molecule has 2 heteroatoms. The summed E-state index contributed by atoms with van der Waals surface area (Å²) >= 11 is 0. The van der Waals surface area contributed by atoms with Gasteiger partial charge in [0.15, 0.2) is 0 Å². The summed E-state index contributed by atoms with van der Waals surface area (Å²) in [7, 11) is 0. The third kappa shape index (κ3) is 1.19. The number of carbonyl (C=O) groups is 1. The molecule has 0 radical (unpaired) electrons. The molecule has 0 spiro atoms. The molecule has 0 aromatic carbocycles. The van der Waals surface area contributed by atoms with Crippen LogP contribution in [-0.4, -0.2) is 6.29 Å². The van der Waals surface area contributed by atoms with Crippen LogP contribution in [0.4, 0.5) is 0 Å². The summed E-state index contributed by atoms with van der Waals surface area (Å²) in [4.78, 5) is 10.2. The monoisotopic (exact) mass is 123 g/mol. The van der Waals surface area contributed by atoms with Crippen LogP contribution < -0.4 is 5.73 Å². The largest absolute Gasteiger partial charge is 0.398 e. The lowest BCUT2D eigenvalue weighted by molar-refractivity contribution is -0.105. The third-order valence-corrected chi connectivity index (χ3v) is 1.39. The highest BCUT2D eigenvalue weighted by Gasteiger charge is 2.02. The first-order valence-corrected chi connectivity index (χ1v) is 2.95. The standard InChI is InChI=1S/C7H9NO/c8-7-4-2-1-3-6(7)5-9/h2,4-5H,1,3,8H2. The average Bonchev–Trinajstić information content (AvgIpc) is 1.89. The van der Waals surface area contributed by atoms with Gasteiger partial charge in [-0.25, -0.2) is 0 Å². The van der Waals surface area contributed by atoms with Gasteiger partial charge in [0.1, 0.15) is 6.29 Å². The lowest BCUT2D eigenvalue weighted by Gasteiger charge is -2.04. The zero-order valence-electron chi connectivity index (χ0n) is 5.13. The lowest BCUT2D eigenvalue weighted by atomic mass is 10.0. The van der Waals surface area contributed by atoms with Crippen LogP contribution in [0.2, 0.25) is 0 Å². The van der Waals surface area contributed by atoms with E-state index in [2.05, 4.69) is 0 Å². The van der Waals surface area contributed by atoms with Crippen LogP contribution in [-0.2, 0) is 4.79 Å². The molecule has 0 fully saturated rings. The molecule has 0 aliphatic heterocycles. The van der Waals surface area contributed by atoms with Gasteiger partial charge in [-0.2, -0.15) is 0 Å². The molecule has 0 saturated heterocycles. The topological polar surface area (TPSA) is 43.1 Å². The van der Waals surface area contributed by atoms with Gasteiger partial charge in [-0.3, -0.25) is 4.79 Å². The van der Waals surface area contributed by atoms with Crippen molar-refractivity contribution in [2.75, 3.05) is 0 Å². The van der Waals surface area contributed by atoms with E-state index in [9.17, 15) is 4.79 Å². The van der Waals surface area contributed by atoms with E-state index in [-0.39, 0.29) is 0 Å². The van der Waals surface area contributed by atoms with Crippen molar-refractivity contribution in [3.05, 3.63) is 23.4 Å². The molecule has 1 aliphatic carbocycles. The molecule has 48 valence electrons. The fourth-order valence-electron chi connectivity index (χ4n) is 0.827. The number of nitrogens with two attached hydrogens (primary N) is 1. The van der Waals surface area contributed by atoms with E-state index in [0.29, 0.717) is 5.70 Å². The van der Waals surface area contributed by atoms with Gasteiger partial charge in [0.05, 0.1) is 0 Å². The minimum Gasteiger partial charge on any atom is -0.398 e. The van der Waals surface area contributed by atoms with Gasteiger partial charge >= 0.3 is 0 Å². The Labute approximate surface area is 54.0 Å². The van der Waals surface area contributed by atoms with Crippen LogP contribution in [0.1, 0.15) is 12.8 Å². The molecular formula is C7H9NO. The van der Waals surface area contributed by atoms with Crippen molar-refractivity contribution in [2.24, 2.45) is 5.73 Å². The molecule has 0 atom stereocenters. The summed E-state index contributed by atoms with van der Waals surface area (Å²) in [6.07, 6.45) is 6.33. The molecule has 1 rings (SSSR count). The summed E-state index contributed by atoms with van der Waals surface area (Å²) < 4.78 is 0. The van der Waals surface area contributed by atoms with Crippen LogP contribution >= 0.6 is 0 Å². The number of allylic oxidation sites excluding steroid dienone is 3. The Morgan fingerprint density at radius 1 is 1.67 bits per heavy atom. The fraction of sp³-hybridized carbons (Fsp3) is 0.286. The molecule has 2 N–H and O–H groups in total. The van der Waals surface area contributed by atoms with Crippen LogP contribution in [0.5, 0.6) is 0 Å². The van der Waals surface area contributed by atoms with Gasteiger partial charge in [-0.05, 0) is 18.9 Å². The second-order valence-electron chi connectivity index (χ2n) is 2.04. The van der Waals surface area contributed by atoms with Crippen LogP contribution in [0.3, 0.4) is 0 Å². The first-order valence-electron chi connectivity index (χ1n) is 2.95. The Kier molecular flexibility index (Phi) is 1.68. The summed E-state index contributed by atoms with van der Waals surface area (Å²) in [5.74, 6) is 0. The van der Waals surface area contributed by atoms with E-state index in [0.717, 1.165) is 24.7 Å². The highest BCUT2D eigenvalue weighted by molar-refractivity contribution is 5.75. The van der Waals surface area contributed by atoms with Gasteiger partial charge in [0.25, 0.3) is 0 Å². The van der Waals surface area contributed by atoms with Crippen molar-refractivity contribution in [3.63, 3.8) is 0 Å². The molecule has 9 heavy (non-hydrogen) atoms. The van der Waals surface area contributed by atoms with Gasteiger partial charge in [0.2, 0.25) is 0 Å². The smallest absolute Gasteiger partial charge is 0.148 e.